The van der Waals surface area contributed by atoms with Crippen LogP contribution in [0.5, 0.6) is 0 Å². The van der Waals surface area contributed by atoms with Crippen LogP contribution in [0.15, 0.2) is 30.3 Å². The van der Waals surface area contributed by atoms with Crippen LogP contribution in [0.4, 0.5) is 0 Å². The van der Waals surface area contributed by atoms with E-state index in [0.29, 0.717) is 6.61 Å². The molecule has 0 amide bonds. The number of hydrogen-bond acceptors (Lipinski definition) is 3. The summed E-state index contributed by atoms with van der Waals surface area (Å²) in [5.41, 5.74) is 0.456. The third-order valence-corrected chi connectivity index (χ3v) is 3.53. The van der Waals surface area contributed by atoms with E-state index >= 15 is 0 Å². The van der Waals surface area contributed by atoms with Crippen LogP contribution in [-0.4, -0.2) is 10.8 Å². The highest BCUT2D eigenvalue weighted by atomic mass is 32.2. The highest BCUT2D eigenvalue weighted by Crippen LogP contribution is 2.39. The molecule has 1 aromatic rings. The minimum absolute atomic E-state index is 0.214. The molecule has 0 spiro atoms. The van der Waals surface area contributed by atoms with Crippen molar-refractivity contribution in [1.29, 1.82) is 0 Å². The van der Waals surface area contributed by atoms with Gasteiger partial charge >= 0.3 is 11.4 Å². The Balaban J connectivity index is 2.40. The minimum Gasteiger partial charge on any atom is -0.265 e. The van der Waals surface area contributed by atoms with Crippen LogP contribution >= 0.6 is 0 Å². The van der Waals surface area contributed by atoms with Gasteiger partial charge in [-0.25, -0.2) is 0 Å². The monoisotopic (exact) mass is 226 g/mol. The molecule has 1 heterocycles. The van der Waals surface area contributed by atoms with Crippen LogP contribution < -0.4 is 0 Å². The van der Waals surface area contributed by atoms with Crippen molar-refractivity contribution in [3.05, 3.63) is 35.9 Å². The summed E-state index contributed by atoms with van der Waals surface area (Å²) >= 11 is -1.61. The Kier molecular flexibility index (Phi) is 2.91. The smallest absolute Gasteiger partial charge is 0.265 e. The summed E-state index contributed by atoms with van der Waals surface area (Å²) in [6.07, 6.45) is 0. The quantitative estimate of drug-likeness (QED) is 0.775. The van der Waals surface area contributed by atoms with E-state index in [4.69, 9.17) is 8.37 Å². The lowest BCUT2D eigenvalue weighted by atomic mass is 9.84. The molecular weight excluding hydrogens is 212 g/mol. The van der Waals surface area contributed by atoms with Gasteiger partial charge in [0.2, 0.25) is 0 Å². The van der Waals surface area contributed by atoms with Gasteiger partial charge in [0.25, 0.3) is 0 Å². The molecule has 4 heteroatoms. The fourth-order valence-corrected chi connectivity index (χ4v) is 2.65. The second-order valence-electron chi connectivity index (χ2n) is 3.96. The van der Waals surface area contributed by atoms with E-state index < -0.39 is 17.0 Å². The Labute approximate surface area is 92.3 Å². The zero-order valence-electron chi connectivity index (χ0n) is 8.80. The van der Waals surface area contributed by atoms with Gasteiger partial charge in [0.05, 0.1) is 0 Å². The molecule has 0 unspecified atom stereocenters. The fraction of sp³-hybridized carbons (Fsp3) is 0.455. The molecule has 0 saturated carbocycles. The van der Waals surface area contributed by atoms with Crippen LogP contribution in [0.3, 0.4) is 0 Å². The fourth-order valence-electron chi connectivity index (χ4n) is 1.75. The molecule has 2 atom stereocenters. The molecule has 1 saturated heterocycles. The van der Waals surface area contributed by atoms with Gasteiger partial charge in [0, 0.05) is 0 Å². The van der Waals surface area contributed by atoms with E-state index in [0.717, 1.165) is 5.56 Å². The van der Waals surface area contributed by atoms with Crippen LogP contribution in [0.1, 0.15) is 19.4 Å². The van der Waals surface area contributed by atoms with Crippen molar-refractivity contribution in [2.75, 3.05) is 6.61 Å². The van der Waals surface area contributed by atoms with Crippen molar-refractivity contribution < 1.29 is 12.6 Å². The summed E-state index contributed by atoms with van der Waals surface area (Å²) in [6, 6.07) is 9.80. The molecule has 0 bridgehead atoms. The second kappa shape index (κ2) is 4.04. The molecule has 1 fully saturated rings. The van der Waals surface area contributed by atoms with Gasteiger partial charge in [-0.1, -0.05) is 44.2 Å². The molecule has 0 aliphatic carbocycles. The van der Waals surface area contributed by atoms with E-state index in [9.17, 15) is 4.21 Å². The molecule has 15 heavy (non-hydrogen) atoms. The Hall–Kier alpha value is -0.710. The summed E-state index contributed by atoms with van der Waals surface area (Å²) in [5.74, 6) is 0.214. The van der Waals surface area contributed by atoms with E-state index in [2.05, 4.69) is 0 Å². The van der Waals surface area contributed by atoms with Crippen molar-refractivity contribution in [3.63, 3.8) is 0 Å². The average molecular weight is 226 g/mol. The first-order valence-electron chi connectivity index (χ1n) is 4.95. The summed E-state index contributed by atoms with van der Waals surface area (Å²) in [6.45, 7) is 4.43. The predicted octanol–water partition coefficient (Wildman–Crippen LogP) is 2.16. The first-order valence-corrected chi connectivity index (χ1v) is 5.95. The van der Waals surface area contributed by atoms with Crippen LogP contribution in [0, 0.1) is 5.92 Å². The topological polar surface area (TPSA) is 35.5 Å². The van der Waals surface area contributed by atoms with Crippen LogP contribution in [-0.2, 0) is 25.3 Å². The maximum Gasteiger partial charge on any atom is 0.305 e. The summed E-state index contributed by atoms with van der Waals surface area (Å²) in [4.78, 5) is 0. The molecule has 1 aliphatic rings. The first-order chi connectivity index (χ1) is 7.15. The lowest BCUT2D eigenvalue weighted by molar-refractivity contribution is 0.0434. The normalized spacial score (nSPS) is 31.0. The summed E-state index contributed by atoms with van der Waals surface area (Å²) < 4.78 is 21.7. The summed E-state index contributed by atoms with van der Waals surface area (Å²) in [7, 11) is 0. The van der Waals surface area contributed by atoms with Gasteiger partial charge in [0.15, 0.2) is 0 Å². The second-order valence-corrected chi connectivity index (χ2v) is 4.77. The standard InChI is InChI=1S/C11H14O3S/c1-9(2)11(8-13-15(12)14-11)10-6-4-3-5-7-10/h3-7,9H,8H2,1-2H3/t11-,15+/m0/s1. The molecule has 0 radical (unpaired) electrons. The van der Waals surface area contributed by atoms with Crippen molar-refractivity contribution in [3.8, 4) is 0 Å². The predicted molar refractivity (Wildman–Crippen MR) is 58.1 cm³/mol. The van der Waals surface area contributed by atoms with Gasteiger partial charge in [-0.2, -0.15) is 4.21 Å². The minimum atomic E-state index is -1.61. The van der Waals surface area contributed by atoms with Gasteiger partial charge in [-0.05, 0) is 11.5 Å². The van der Waals surface area contributed by atoms with Crippen LogP contribution in [0.2, 0.25) is 0 Å². The SMILES string of the molecule is CC(C)[C@]1(c2ccccc2)CO[S@@](=O)O1. The Bertz CT molecular complexity index is 363. The van der Waals surface area contributed by atoms with Crippen molar-refractivity contribution >= 4 is 11.4 Å². The molecule has 82 valence electrons. The third-order valence-electron chi connectivity index (χ3n) is 2.78. The van der Waals surface area contributed by atoms with E-state index in [1.165, 1.54) is 0 Å². The van der Waals surface area contributed by atoms with Crippen LogP contribution in [0.25, 0.3) is 0 Å². The maximum atomic E-state index is 11.2. The Morgan fingerprint density at radius 2 is 2.00 bits per heavy atom. The lowest BCUT2D eigenvalue weighted by Gasteiger charge is -2.29. The molecule has 2 rings (SSSR count). The largest absolute Gasteiger partial charge is 0.305 e. The molecule has 0 aromatic heterocycles. The van der Waals surface area contributed by atoms with E-state index in [-0.39, 0.29) is 5.92 Å². The van der Waals surface area contributed by atoms with Crippen molar-refractivity contribution in [1.82, 2.24) is 0 Å². The molecule has 3 nitrogen and oxygen atoms in total. The Morgan fingerprint density at radius 1 is 1.33 bits per heavy atom. The maximum absolute atomic E-state index is 11.2. The highest BCUT2D eigenvalue weighted by molar-refractivity contribution is 7.75. The van der Waals surface area contributed by atoms with Gasteiger partial charge < -0.3 is 0 Å². The summed E-state index contributed by atoms with van der Waals surface area (Å²) in [5, 5.41) is 0. The van der Waals surface area contributed by atoms with E-state index in [1.54, 1.807) is 0 Å². The zero-order valence-corrected chi connectivity index (χ0v) is 9.62. The van der Waals surface area contributed by atoms with E-state index in [1.807, 2.05) is 44.2 Å². The molecular formula is C11H14O3S. The number of hydrogen-bond donors (Lipinski definition) is 0. The Morgan fingerprint density at radius 3 is 2.47 bits per heavy atom. The van der Waals surface area contributed by atoms with Crippen molar-refractivity contribution in [2.45, 2.75) is 19.4 Å². The highest BCUT2D eigenvalue weighted by Gasteiger charge is 2.45. The first kappa shape index (κ1) is 10.8. The van der Waals surface area contributed by atoms with Crippen molar-refractivity contribution in [2.24, 2.45) is 5.92 Å². The number of rotatable bonds is 2. The molecule has 0 N–H and O–H groups in total. The number of benzene rings is 1. The zero-order chi connectivity index (χ0) is 10.9. The molecule has 1 aliphatic heterocycles. The average Bonchev–Trinajstić information content (AvgIpc) is 2.63. The van der Waals surface area contributed by atoms with Gasteiger partial charge in [0.1, 0.15) is 12.2 Å². The molecule has 1 aromatic carbocycles. The third kappa shape index (κ3) is 1.85. The van der Waals surface area contributed by atoms with Gasteiger partial charge in [-0.15, -0.1) is 0 Å². The van der Waals surface area contributed by atoms with Gasteiger partial charge in [-0.3, -0.25) is 8.37 Å². The lowest BCUT2D eigenvalue weighted by Crippen LogP contribution is -2.34.